The third-order valence-electron chi connectivity index (χ3n) is 1.06. The summed E-state index contributed by atoms with van der Waals surface area (Å²) in [5, 5.41) is 29.7. The van der Waals surface area contributed by atoms with Crippen molar-refractivity contribution in [2.24, 2.45) is 0 Å². The number of halogens is 1. The monoisotopic (exact) mass is 376 g/mol. The van der Waals surface area contributed by atoms with Crippen molar-refractivity contribution in [1.29, 1.82) is 0 Å². The number of hydrogen-bond donors (Lipinski definition) is 4. The first-order valence-corrected chi connectivity index (χ1v) is 6.22. The zero-order valence-electron chi connectivity index (χ0n) is 13.5. The maximum atomic E-state index is 10.2. The topological polar surface area (TPSA) is 186 Å². The third kappa shape index (κ3) is 76.7. The fraction of sp³-hybridized carbons (Fsp3) is 0.500. The number of rotatable bonds is 5. The maximum absolute atomic E-state index is 10.2. The van der Waals surface area contributed by atoms with Gasteiger partial charge >= 0.3 is 24.6 Å². The number of hydrogen-bond acceptors (Lipinski definition) is 8. The fourth-order valence-corrected chi connectivity index (χ4v) is 0.535. The smallest absolute Gasteiger partial charge is 0.450 e. The van der Waals surface area contributed by atoms with Crippen molar-refractivity contribution < 1.29 is 62.9 Å². The van der Waals surface area contributed by atoms with Crippen molar-refractivity contribution in [3.05, 3.63) is 12.9 Å². The van der Waals surface area contributed by atoms with Gasteiger partial charge in [0.05, 0.1) is 19.5 Å². The Labute approximate surface area is 142 Å². The van der Waals surface area contributed by atoms with Crippen LogP contribution in [-0.4, -0.2) is 71.5 Å². The number of ether oxygens (including phenoxy) is 4. The van der Waals surface area contributed by atoms with E-state index in [1.54, 1.807) is 13.8 Å². The lowest BCUT2D eigenvalue weighted by Gasteiger charge is -1.98. The van der Waals surface area contributed by atoms with Crippen LogP contribution in [0.15, 0.2) is 12.9 Å². The van der Waals surface area contributed by atoms with Crippen LogP contribution in [0.5, 0.6) is 0 Å². The molecule has 0 heterocycles. The summed E-state index contributed by atoms with van der Waals surface area (Å²) in [6, 6.07) is 0. The molecule has 0 spiro atoms. The minimum Gasteiger partial charge on any atom is -0.450 e. The van der Waals surface area contributed by atoms with Gasteiger partial charge in [0.2, 0.25) is 0 Å². The summed E-state index contributed by atoms with van der Waals surface area (Å²) in [4.78, 5) is 38.0. The second kappa shape index (κ2) is 25.7. The van der Waals surface area contributed by atoms with E-state index in [9.17, 15) is 18.8 Å². The van der Waals surface area contributed by atoms with Crippen LogP contribution in [0.1, 0.15) is 13.8 Å². The lowest BCUT2D eigenvalue weighted by Crippen LogP contribution is -2.10. The minimum absolute atomic E-state index is 0.250. The second-order valence-electron chi connectivity index (χ2n) is 2.78. The Balaban J connectivity index is -0.000000131. The average molecular weight is 376 g/mol. The van der Waals surface area contributed by atoms with Crippen LogP contribution >= 0.6 is 0 Å². The Morgan fingerprint density at radius 2 is 1.08 bits per heavy atom. The fourth-order valence-electron chi connectivity index (χ4n) is 0.535. The van der Waals surface area contributed by atoms with Crippen LogP contribution in [-0.2, 0) is 18.9 Å². The standard InChI is InChI=1S/C5H10O3.C4H6O6.C2H3F.CH2O3/c1-3-7-5(6)8-4-2;5-3(6)9-1-2-10-4(7)8;1-2-3;2-1(3)4/h3-4H2,1-2H3;1-2H2,(H,5,6)(H,7,8);2H,1H2;(H2,2,3,4). The number of carboxylic acid groups (broad SMARTS) is 4. The van der Waals surface area contributed by atoms with Gasteiger partial charge in [0, 0.05) is 0 Å². The molecule has 4 N–H and O–H groups in total. The normalized spacial score (nSPS) is 7.48. The van der Waals surface area contributed by atoms with Gasteiger partial charge in [-0.25, -0.2) is 23.6 Å². The summed E-state index contributed by atoms with van der Waals surface area (Å²) in [5.41, 5.74) is 0. The Morgan fingerprint density at radius 3 is 1.24 bits per heavy atom. The lowest BCUT2D eigenvalue weighted by molar-refractivity contribution is 0.0472. The molecule has 0 saturated heterocycles. The summed E-state index contributed by atoms with van der Waals surface area (Å²) in [7, 11) is 0. The van der Waals surface area contributed by atoms with Gasteiger partial charge < -0.3 is 39.4 Å². The van der Waals surface area contributed by atoms with Gasteiger partial charge in [0.1, 0.15) is 13.2 Å². The molecule has 0 amide bonds. The molecule has 0 atom stereocenters. The molecule has 148 valence electrons. The van der Waals surface area contributed by atoms with Crippen LogP contribution in [0.4, 0.5) is 23.6 Å². The molecule has 0 fully saturated rings. The molecule has 13 heteroatoms. The molecule has 0 rings (SSSR count). The summed E-state index contributed by atoms with van der Waals surface area (Å²) in [6.45, 7) is 6.36. The SMILES string of the molecule is C=CF.CCOC(=O)OCC.O=C(O)O.O=C(O)OCCOC(=O)O. The van der Waals surface area contributed by atoms with E-state index in [0.29, 0.717) is 13.2 Å². The maximum Gasteiger partial charge on any atom is 0.508 e. The van der Waals surface area contributed by atoms with Gasteiger partial charge in [0.25, 0.3) is 0 Å². The quantitative estimate of drug-likeness (QED) is 0.312. The molecule has 0 radical (unpaired) electrons. The van der Waals surface area contributed by atoms with E-state index in [1.807, 2.05) is 0 Å². The molecule has 12 nitrogen and oxygen atoms in total. The number of carbonyl (C=O) groups excluding carboxylic acids is 1. The van der Waals surface area contributed by atoms with Gasteiger partial charge in [-0.3, -0.25) is 0 Å². The molecule has 0 bridgehead atoms. The Hall–Kier alpha value is -3.25. The van der Waals surface area contributed by atoms with E-state index in [1.165, 1.54) is 0 Å². The predicted molar refractivity (Wildman–Crippen MR) is 78.6 cm³/mol. The highest BCUT2D eigenvalue weighted by atomic mass is 19.1. The Bertz CT molecular complexity index is 343. The highest BCUT2D eigenvalue weighted by Gasteiger charge is 1.98. The third-order valence-corrected chi connectivity index (χ3v) is 1.06. The molecule has 0 aromatic rings. The van der Waals surface area contributed by atoms with Gasteiger partial charge in [-0.05, 0) is 13.8 Å². The molecule has 0 aromatic carbocycles. The van der Waals surface area contributed by atoms with E-state index < -0.39 is 24.6 Å². The van der Waals surface area contributed by atoms with Gasteiger partial charge in [-0.15, -0.1) is 0 Å². The van der Waals surface area contributed by atoms with Crippen LogP contribution < -0.4 is 0 Å². The van der Waals surface area contributed by atoms with Crippen molar-refractivity contribution in [3.63, 3.8) is 0 Å². The zero-order chi connectivity index (χ0) is 20.7. The molecule has 0 aromatic heterocycles. The molecule has 0 aliphatic heterocycles. The first-order chi connectivity index (χ1) is 11.6. The molecular weight excluding hydrogens is 355 g/mol. The van der Waals surface area contributed by atoms with E-state index in [0.717, 1.165) is 0 Å². The van der Waals surface area contributed by atoms with Crippen molar-refractivity contribution in [1.82, 2.24) is 0 Å². The van der Waals surface area contributed by atoms with Crippen molar-refractivity contribution in [3.8, 4) is 0 Å². The van der Waals surface area contributed by atoms with Crippen LogP contribution in [0.25, 0.3) is 0 Å². The van der Waals surface area contributed by atoms with Crippen LogP contribution in [0.2, 0.25) is 0 Å². The van der Waals surface area contributed by atoms with Gasteiger partial charge in [0.15, 0.2) is 0 Å². The van der Waals surface area contributed by atoms with Crippen molar-refractivity contribution in [2.75, 3.05) is 26.4 Å². The van der Waals surface area contributed by atoms with Crippen LogP contribution in [0, 0.1) is 0 Å². The van der Waals surface area contributed by atoms with E-state index in [4.69, 9.17) is 25.2 Å². The van der Waals surface area contributed by atoms with E-state index in [-0.39, 0.29) is 19.5 Å². The summed E-state index contributed by atoms with van der Waals surface area (Å²) < 4.78 is 26.7. The Morgan fingerprint density at radius 1 is 0.840 bits per heavy atom. The average Bonchev–Trinajstić information content (AvgIpc) is 2.45. The lowest BCUT2D eigenvalue weighted by atomic mass is 10.8. The van der Waals surface area contributed by atoms with E-state index >= 15 is 0 Å². The van der Waals surface area contributed by atoms with Crippen molar-refractivity contribution >= 4 is 24.6 Å². The Kier molecular flexibility index (Phi) is 30.5. The minimum atomic E-state index is -1.83. The number of carbonyl (C=O) groups is 4. The highest BCUT2D eigenvalue weighted by molar-refractivity contribution is 5.59. The first kappa shape index (κ1) is 29.7. The van der Waals surface area contributed by atoms with Gasteiger partial charge in [-0.1, -0.05) is 6.58 Å². The highest BCUT2D eigenvalue weighted by Crippen LogP contribution is 1.82. The molecular formula is C12H21FO12. The van der Waals surface area contributed by atoms with E-state index in [2.05, 4.69) is 25.5 Å². The molecule has 0 aliphatic carbocycles. The molecule has 0 aliphatic rings. The molecule has 0 saturated carbocycles. The molecule has 0 unspecified atom stereocenters. The first-order valence-electron chi connectivity index (χ1n) is 6.22. The van der Waals surface area contributed by atoms with Crippen LogP contribution in [0.3, 0.4) is 0 Å². The summed E-state index contributed by atoms with van der Waals surface area (Å²) in [5.74, 6) is 0. The zero-order valence-corrected chi connectivity index (χ0v) is 13.5. The molecule has 25 heavy (non-hydrogen) atoms. The van der Waals surface area contributed by atoms with Crippen molar-refractivity contribution in [2.45, 2.75) is 13.8 Å². The van der Waals surface area contributed by atoms with Gasteiger partial charge in [-0.2, -0.15) is 0 Å². The summed E-state index contributed by atoms with van der Waals surface area (Å²) >= 11 is 0. The largest absolute Gasteiger partial charge is 0.508 e. The predicted octanol–water partition coefficient (Wildman–Crippen LogP) is 2.88. The summed E-state index contributed by atoms with van der Waals surface area (Å²) in [6.07, 6.45) is -5.07. The second-order valence-corrected chi connectivity index (χ2v) is 2.78.